The molecule has 3 aromatic rings. The van der Waals surface area contributed by atoms with Crippen LogP contribution in [0.5, 0.6) is 0 Å². The lowest BCUT2D eigenvalue weighted by molar-refractivity contribution is 0.923. The quantitative estimate of drug-likeness (QED) is 0.552. The van der Waals surface area contributed by atoms with Crippen LogP contribution in [0.1, 0.15) is 5.56 Å². The lowest BCUT2D eigenvalue weighted by Gasteiger charge is -2.19. The van der Waals surface area contributed by atoms with E-state index in [-0.39, 0.29) is 0 Å². The molecule has 0 heterocycles. The van der Waals surface area contributed by atoms with Gasteiger partial charge in [-0.05, 0) is 42.0 Å². The van der Waals surface area contributed by atoms with Crippen molar-refractivity contribution in [3.63, 3.8) is 0 Å². The molecule has 0 aromatic heterocycles. The number of azo groups is 1. The van der Waals surface area contributed by atoms with E-state index in [9.17, 15) is 0 Å². The zero-order chi connectivity index (χ0) is 15.9. The highest BCUT2D eigenvalue weighted by atomic mass is 15.1. The third-order valence-corrected chi connectivity index (χ3v) is 3.59. The summed E-state index contributed by atoms with van der Waals surface area (Å²) >= 11 is 0. The lowest BCUT2D eigenvalue weighted by atomic mass is 10.2. The molecule has 23 heavy (non-hydrogen) atoms. The Morgan fingerprint density at radius 2 is 1.17 bits per heavy atom. The number of hydrogen-bond donors (Lipinski definition) is 0. The molecule has 0 aliphatic heterocycles. The van der Waals surface area contributed by atoms with Crippen LogP contribution in [-0.4, -0.2) is 7.05 Å². The molecular weight excluding hydrogens is 282 g/mol. The van der Waals surface area contributed by atoms with Crippen LogP contribution in [0, 0.1) is 0 Å². The largest absolute Gasteiger partial charge is 0.370 e. The van der Waals surface area contributed by atoms with Gasteiger partial charge in [0.15, 0.2) is 0 Å². The zero-order valence-electron chi connectivity index (χ0n) is 13.1. The second kappa shape index (κ2) is 7.36. The molecule has 3 nitrogen and oxygen atoms in total. The van der Waals surface area contributed by atoms with Gasteiger partial charge in [0.1, 0.15) is 0 Å². The molecule has 114 valence electrons. The first-order valence-corrected chi connectivity index (χ1v) is 7.63. The van der Waals surface area contributed by atoms with Gasteiger partial charge in [-0.15, -0.1) is 0 Å². The van der Waals surface area contributed by atoms with Crippen molar-refractivity contribution < 1.29 is 0 Å². The summed E-state index contributed by atoms with van der Waals surface area (Å²) in [5, 5.41) is 8.50. The van der Waals surface area contributed by atoms with Crippen molar-refractivity contribution in [3.8, 4) is 0 Å². The molecule has 0 N–H and O–H groups in total. The van der Waals surface area contributed by atoms with E-state index in [2.05, 4.69) is 58.6 Å². The van der Waals surface area contributed by atoms with Gasteiger partial charge in [0.2, 0.25) is 0 Å². The highest BCUT2D eigenvalue weighted by Gasteiger charge is 2.02. The molecule has 0 atom stereocenters. The SMILES string of the molecule is CN(Cc1ccccc1)c1ccc(N=Nc2ccccc2)cc1. The van der Waals surface area contributed by atoms with Gasteiger partial charge in [-0.3, -0.25) is 0 Å². The summed E-state index contributed by atoms with van der Waals surface area (Å²) in [4.78, 5) is 2.22. The van der Waals surface area contributed by atoms with Gasteiger partial charge in [0.25, 0.3) is 0 Å². The molecule has 0 bridgehead atoms. The molecule has 0 spiro atoms. The fourth-order valence-corrected chi connectivity index (χ4v) is 2.33. The fourth-order valence-electron chi connectivity index (χ4n) is 2.33. The molecule has 3 aromatic carbocycles. The molecule has 3 heteroatoms. The zero-order valence-corrected chi connectivity index (χ0v) is 13.1. The number of rotatable bonds is 5. The second-order valence-corrected chi connectivity index (χ2v) is 5.39. The molecule has 0 fully saturated rings. The molecule has 0 saturated carbocycles. The van der Waals surface area contributed by atoms with Crippen LogP contribution in [0.15, 0.2) is 95.2 Å². The van der Waals surface area contributed by atoms with Gasteiger partial charge < -0.3 is 4.90 Å². The van der Waals surface area contributed by atoms with Crippen LogP contribution >= 0.6 is 0 Å². The van der Waals surface area contributed by atoms with Gasteiger partial charge in [-0.2, -0.15) is 10.2 Å². The van der Waals surface area contributed by atoms with Crippen LogP contribution in [0.2, 0.25) is 0 Å². The van der Waals surface area contributed by atoms with Crippen LogP contribution < -0.4 is 4.90 Å². The monoisotopic (exact) mass is 301 g/mol. The summed E-state index contributed by atoms with van der Waals surface area (Å²) in [6, 6.07) is 28.3. The minimum absolute atomic E-state index is 0.853. The number of anilines is 1. The summed E-state index contributed by atoms with van der Waals surface area (Å²) in [5.74, 6) is 0. The number of nitrogens with zero attached hydrogens (tertiary/aromatic N) is 3. The molecule has 0 amide bonds. The van der Waals surface area contributed by atoms with Crippen molar-refractivity contribution in [2.45, 2.75) is 6.54 Å². The van der Waals surface area contributed by atoms with E-state index in [1.165, 1.54) is 5.56 Å². The normalized spacial score (nSPS) is 10.8. The van der Waals surface area contributed by atoms with Crippen molar-refractivity contribution >= 4 is 17.1 Å². The molecule has 0 aliphatic rings. The summed E-state index contributed by atoms with van der Waals surface area (Å²) in [5.41, 5.74) is 4.17. The van der Waals surface area contributed by atoms with E-state index >= 15 is 0 Å². The Labute approximate surface area is 136 Å². The molecule has 3 rings (SSSR count). The van der Waals surface area contributed by atoms with Crippen molar-refractivity contribution in [3.05, 3.63) is 90.5 Å². The van der Waals surface area contributed by atoms with Crippen LogP contribution in [-0.2, 0) is 6.54 Å². The standard InChI is InChI=1S/C20H19N3/c1-23(16-17-8-4-2-5-9-17)20-14-12-19(13-15-20)22-21-18-10-6-3-7-11-18/h2-15H,16H2,1H3. The highest BCUT2D eigenvalue weighted by molar-refractivity contribution is 5.52. The molecule has 0 unspecified atom stereocenters. The Bertz CT molecular complexity index is 750. The average molecular weight is 301 g/mol. The lowest BCUT2D eigenvalue weighted by Crippen LogP contribution is -2.15. The average Bonchev–Trinajstić information content (AvgIpc) is 2.62. The van der Waals surface area contributed by atoms with Crippen LogP contribution in [0.3, 0.4) is 0 Å². The van der Waals surface area contributed by atoms with Crippen LogP contribution in [0.25, 0.3) is 0 Å². The highest BCUT2D eigenvalue weighted by Crippen LogP contribution is 2.22. The first-order valence-electron chi connectivity index (χ1n) is 7.63. The Hall–Kier alpha value is -2.94. The fraction of sp³-hybridized carbons (Fsp3) is 0.100. The van der Waals surface area contributed by atoms with E-state index in [1.54, 1.807) is 0 Å². The van der Waals surface area contributed by atoms with Crippen molar-refractivity contribution in [2.24, 2.45) is 10.2 Å². The Balaban J connectivity index is 1.66. The maximum atomic E-state index is 4.27. The maximum absolute atomic E-state index is 4.27. The first kappa shape index (κ1) is 15.0. The van der Waals surface area contributed by atoms with E-state index in [4.69, 9.17) is 0 Å². The maximum Gasteiger partial charge on any atom is 0.0858 e. The van der Waals surface area contributed by atoms with Crippen molar-refractivity contribution in [1.82, 2.24) is 0 Å². The summed E-state index contributed by atoms with van der Waals surface area (Å²) < 4.78 is 0. The number of benzene rings is 3. The van der Waals surface area contributed by atoms with Crippen molar-refractivity contribution in [1.29, 1.82) is 0 Å². The van der Waals surface area contributed by atoms with Gasteiger partial charge in [-0.25, -0.2) is 0 Å². The van der Waals surface area contributed by atoms with E-state index in [0.29, 0.717) is 0 Å². The third-order valence-electron chi connectivity index (χ3n) is 3.59. The predicted octanol–water partition coefficient (Wildman–Crippen LogP) is 5.74. The molecule has 0 radical (unpaired) electrons. The summed E-state index contributed by atoms with van der Waals surface area (Å²) in [6.07, 6.45) is 0. The van der Waals surface area contributed by atoms with Gasteiger partial charge in [0, 0.05) is 19.3 Å². The predicted molar refractivity (Wildman–Crippen MR) is 95.6 cm³/mol. The molecular formula is C20H19N3. The van der Waals surface area contributed by atoms with Gasteiger partial charge in [0.05, 0.1) is 11.4 Å². The van der Waals surface area contributed by atoms with Crippen LogP contribution in [0.4, 0.5) is 17.1 Å². The smallest absolute Gasteiger partial charge is 0.0858 e. The Morgan fingerprint density at radius 3 is 1.78 bits per heavy atom. The summed E-state index contributed by atoms with van der Waals surface area (Å²) in [6.45, 7) is 0.881. The molecule has 0 saturated heterocycles. The topological polar surface area (TPSA) is 28.0 Å². The summed E-state index contributed by atoms with van der Waals surface area (Å²) in [7, 11) is 2.09. The minimum Gasteiger partial charge on any atom is -0.370 e. The number of hydrogen-bond acceptors (Lipinski definition) is 3. The van der Waals surface area contributed by atoms with E-state index in [1.807, 2.05) is 48.5 Å². The van der Waals surface area contributed by atoms with Crippen molar-refractivity contribution in [2.75, 3.05) is 11.9 Å². The van der Waals surface area contributed by atoms with E-state index in [0.717, 1.165) is 23.6 Å². The Kier molecular flexibility index (Phi) is 4.79. The molecule has 0 aliphatic carbocycles. The van der Waals surface area contributed by atoms with Gasteiger partial charge >= 0.3 is 0 Å². The minimum atomic E-state index is 0.853. The first-order chi connectivity index (χ1) is 11.3. The second-order valence-electron chi connectivity index (χ2n) is 5.39. The van der Waals surface area contributed by atoms with Gasteiger partial charge in [-0.1, -0.05) is 48.5 Å². The third kappa shape index (κ3) is 4.27. The Morgan fingerprint density at radius 1 is 0.652 bits per heavy atom. The van der Waals surface area contributed by atoms with E-state index < -0.39 is 0 Å².